The van der Waals surface area contributed by atoms with Crippen molar-refractivity contribution in [3.05, 3.63) is 54.0 Å². The number of furan rings is 1. The molecule has 1 aromatic carbocycles. The molecule has 1 aromatic heterocycles. The maximum absolute atomic E-state index is 12.9. The molecule has 0 bridgehead atoms. The fraction of sp³-hybridized carbons (Fsp3) is 0.350. The Labute approximate surface area is 162 Å². The molecule has 8 nitrogen and oxygen atoms in total. The molecule has 3 amide bonds. The van der Waals surface area contributed by atoms with Crippen LogP contribution in [0, 0.1) is 0 Å². The molecular weight excluding hydrogens is 362 g/mol. The maximum Gasteiger partial charge on any atom is 0.289 e. The third-order valence-electron chi connectivity index (χ3n) is 5.20. The number of hydrogen-bond donors (Lipinski definition) is 1. The van der Waals surface area contributed by atoms with Gasteiger partial charge >= 0.3 is 0 Å². The first-order valence-corrected chi connectivity index (χ1v) is 9.13. The van der Waals surface area contributed by atoms with Crippen LogP contribution in [-0.4, -0.2) is 66.3 Å². The minimum atomic E-state index is -0.674. The lowest BCUT2D eigenvalue weighted by molar-refractivity contribution is -0.152. The van der Waals surface area contributed by atoms with E-state index in [1.54, 1.807) is 29.0 Å². The molecule has 0 spiro atoms. The fourth-order valence-corrected chi connectivity index (χ4v) is 3.68. The summed E-state index contributed by atoms with van der Waals surface area (Å²) in [4.78, 5) is 41.1. The summed E-state index contributed by atoms with van der Waals surface area (Å²) in [5.41, 5.74) is 0.935. The van der Waals surface area contributed by atoms with E-state index in [2.05, 4.69) is 5.32 Å². The highest BCUT2D eigenvalue weighted by Gasteiger charge is 2.44. The van der Waals surface area contributed by atoms with Crippen molar-refractivity contribution in [2.24, 2.45) is 0 Å². The summed E-state index contributed by atoms with van der Waals surface area (Å²) < 4.78 is 10.3. The van der Waals surface area contributed by atoms with E-state index in [4.69, 9.17) is 9.15 Å². The largest absolute Gasteiger partial charge is 0.497 e. The summed E-state index contributed by atoms with van der Waals surface area (Å²) in [7, 11) is 1.59. The predicted octanol–water partition coefficient (Wildman–Crippen LogP) is 0.682. The van der Waals surface area contributed by atoms with E-state index in [0.717, 1.165) is 11.3 Å². The van der Waals surface area contributed by atoms with Gasteiger partial charge in [0, 0.05) is 19.5 Å². The molecule has 2 aromatic rings. The predicted molar refractivity (Wildman–Crippen MR) is 98.7 cm³/mol. The van der Waals surface area contributed by atoms with Gasteiger partial charge in [-0.25, -0.2) is 0 Å². The Morgan fingerprint density at radius 3 is 2.68 bits per heavy atom. The third kappa shape index (κ3) is 3.33. The molecular formula is C20H21N3O5. The van der Waals surface area contributed by atoms with E-state index >= 15 is 0 Å². The van der Waals surface area contributed by atoms with Crippen molar-refractivity contribution >= 4 is 17.7 Å². The van der Waals surface area contributed by atoms with Gasteiger partial charge in [-0.3, -0.25) is 14.4 Å². The Morgan fingerprint density at radius 2 is 2.00 bits per heavy atom. The van der Waals surface area contributed by atoms with Gasteiger partial charge < -0.3 is 24.3 Å². The second-order valence-electron chi connectivity index (χ2n) is 6.89. The topological polar surface area (TPSA) is 92.1 Å². The smallest absolute Gasteiger partial charge is 0.289 e. The maximum atomic E-state index is 12.9. The van der Waals surface area contributed by atoms with E-state index in [0.29, 0.717) is 19.5 Å². The van der Waals surface area contributed by atoms with Crippen molar-refractivity contribution in [2.45, 2.75) is 18.5 Å². The van der Waals surface area contributed by atoms with Gasteiger partial charge in [-0.05, 0) is 29.8 Å². The van der Waals surface area contributed by atoms with Crippen LogP contribution in [0.2, 0.25) is 0 Å². The van der Waals surface area contributed by atoms with Crippen LogP contribution in [0.15, 0.2) is 47.1 Å². The number of benzene rings is 1. The van der Waals surface area contributed by atoms with Gasteiger partial charge in [0.25, 0.3) is 5.91 Å². The molecule has 146 valence electrons. The average molecular weight is 383 g/mol. The zero-order valence-corrected chi connectivity index (χ0v) is 15.5. The van der Waals surface area contributed by atoms with Gasteiger partial charge in [0.05, 0.1) is 19.9 Å². The monoisotopic (exact) mass is 383 g/mol. The Kier molecular flexibility index (Phi) is 4.77. The van der Waals surface area contributed by atoms with Crippen molar-refractivity contribution in [1.82, 2.24) is 15.1 Å². The number of methoxy groups -OCH3 is 1. The van der Waals surface area contributed by atoms with Crippen molar-refractivity contribution in [2.75, 3.05) is 26.7 Å². The van der Waals surface area contributed by atoms with Gasteiger partial charge in [0.15, 0.2) is 5.76 Å². The summed E-state index contributed by atoms with van der Waals surface area (Å²) >= 11 is 0. The van der Waals surface area contributed by atoms with Crippen LogP contribution in [0.5, 0.6) is 5.75 Å². The molecule has 2 fully saturated rings. The van der Waals surface area contributed by atoms with Crippen LogP contribution < -0.4 is 10.1 Å². The number of carbonyl (C=O) groups excluding carboxylic acids is 3. The van der Waals surface area contributed by atoms with Crippen LogP contribution in [0.4, 0.5) is 0 Å². The number of fused-ring (bicyclic) bond motifs is 1. The fourth-order valence-electron chi connectivity index (χ4n) is 3.68. The Bertz CT molecular complexity index is 878. The van der Waals surface area contributed by atoms with Crippen LogP contribution in [0.25, 0.3) is 0 Å². The zero-order valence-electron chi connectivity index (χ0n) is 15.5. The Morgan fingerprint density at radius 1 is 1.21 bits per heavy atom. The lowest BCUT2D eigenvalue weighted by atomic mass is 9.98. The van der Waals surface area contributed by atoms with Crippen LogP contribution >= 0.6 is 0 Å². The molecule has 0 saturated carbocycles. The van der Waals surface area contributed by atoms with Crippen molar-refractivity contribution in [1.29, 1.82) is 0 Å². The van der Waals surface area contributed by atoms with Crippen LogP contribution in [-0.2, 0) is 16.0 Å². The first-order valence-electron chi connectivity index (χ1n) is 9.13. The number of amides is 3. The number of nitrogens with one attached hydrogen (secondary N) is 1. The summed E-state index contributed by atoms with van der Waals surface area (Å²) in [5, 5.41) is 2.81. The number of carbonyl (C=O) groups is 3. The van der Waals surface area contributed by atoms with E-state index in [-0.39, 0.29) is 30.0 Å². The van der Waals surface area contributed by atoms with Crippen molar-refractivity contribution in [3.63, 3.8) is 0 Å². The molecule has 2 aliphatic heterocycles. The number of piperazine rings is 2. The molecule has 2 unspecified atom stereocenters. The third-order valence-corrected chi connectivity index (χ3v) is 5.20. The highest BCUT2D eigenvalue weighted by Crippen LogP contribution is 2.21. The van der Waals surface area contributed by atoms with Crippen molar-refractivity contribution in [3.8, 4) is 5.75 Å². The van der Waals surface area contributed by atoms with Gasteiger partial charge in [-0.1, -0.05) is 12.1 Å². The summed E-state index contributed by atoms with van der Waals surface area (Å²) in [6.07, 6.45) is 1.84. The number of rotatable bonds is 4. The second kappa shape index (κ2) is 7.38. The average Bonchev–Trinajstić information content (AvgIpc) is 3.26. The highest BCUT2D eigenvalue weighted by atomic mass is 16.5. The minimum Gasteiger partial charge on any atom is -0.497 e. The second-order valence-corrected chi connectivity index (χ2v) is 6.89. The standard InChI is InChI=1S/C20H21N3O5/c1-27-14-6-4-13(5-7-14)11-15-19(25)23-9-8-22(12-16(23)18(24)21-15)20(26)17-3-2-10-28-17/h2-7,10,15-16H,8-9,11-12H2,1H3,(H,21,24). The summed E-state index contributed by atoms with van der Waals surface area (Å²) in [6.45, 7) is 0.846. The normalized spacial score (nSPS) is 21.9. The SMILES string of the molecule is COc1ccc(CC2NC(=O)C3CN(C(=O)c4ccco4)CCN3C2=O)cc1. The van der Waals surface area contributed by atoms with Gasteiger partial charge in [0.2, 0.25) is 11.8 Å². The molecule has 2 saturated heterocycles. The quantitative estimate of drug-likeness (QED) is 0.838. The molecule has 2 aliphatic rings. The van der Waals surface area contributed by atoms with E-state index in [1.807, 2.05) is 24.3 Å². The molecule has 1 N–H and O–H groups in total. The minimum absolute atomic E-state index is 0.120. The summed E-state index contributed by atoms with van der Waals surface area (Å²) in [6, 6.07) is 9.36. The van der Waals surface area contributed by atoms with E-state index < -0.39 is 12.1 Å². The molecule has 28 heavy (non-hydrogen) atoms. The molecule has 0 radical (unpaired) electrons. The molecule has 4 rings (SSSR count). The first-order chi connectivity index (χ1) is 13.6. The summed E-state index contributed by atoms with van der Waals surface area (Å²) in [5.74, 6) is 0.333. The van der Waals surface area contributed by atoms with Gasteiger partial charge in [0.1, 0.15) is 17.8 Å². The lowest BCUT2D eigenvalue weighted by Gasteiger charge is -2.45. The number of ether oxygens (including phenoxy) is 1. The van der Waals surface area contributed by atoms with E-state index in [1.165, 1.54) is 6.26 Å². The number of nitrogens with zero attached hydrogens (tertiary/aromatic N) is 2. The van der Waals surface area contributed by atoms with Gasteiger partial charge in [-0.2, -0.15) is 0 Å². The van der Waals surface area contributed by atoms with E-state index in [9.17, 15) is 14.4 Å². The Balaban J connectivity index is 1.44. The van der Waals surface area contributed by atoms with Gasteiger partial charge in [-0.15, -0.1) is 0 Å². The zero-order chi connectivity index (χ0) is 19.7. The van der Waals surface area contributed by atoms with Crippen LogP contribution in [0.3, 0.4) is 0 Å². The number of hydrogen-bond acceptors (Lipinski definition) is 5. The lowest BCUT2D eigenvalue weighted by Crippen LogP contribution is -2.70. The molecule has 3 heterocycles. The molecule has 0 aliphatic carbocycles. The Hall–Kier alpha value is -3.29. The first kappa shape index (κ1) is 18.1. The van der Waals surface area contributed by atoms with Crippen LogP contribution in [0.1, 0.15) is 16.1 Å². The molecule has 8 heteroatoms. The molecule has 2 atom stereocenters. The highest BCUT2D eigenvalue weighted by molar-refractivity contribution is 5.98. The van der Waals surface area contributed by atoms with Crippen molar-refractivity contribution < 1.29 is 23.5 Å².